The fraction of sp³-hybridized carbons (Fsp3) is 0.143. The Morgan fingerprint density at radius 2 is 1.78 bits per heavy atom. The maximum atomic E-state index is 6.06. The number of hydrogen-bond acceptors (Lipinski definition) is 3. The highest BCUT2D eigenvalue weighted by atomic mass is 35.5. The van der Waals surface area contributed by atoms with Crippen LogP contribution in [0.4, 0.5) is 17.1 Å². The summed E-state index contributed by atoms with van der Waals surface area (Å²) in [4.78, 5) is 0. The maximum Gasteiger partial charge on any atom is 0.137 e. The fourth-order valence-corrected chi connectivity index (χ4v) is 1.89. The fourth-order valence-electron chi connectivity index (χ4n) is 1.63. The minimum absolute atomic E-state index is 0.572. The van der Waals surface area contributed by atoms with Gasteiger partial charge in [0.25, 0.3) is 0 Å². The van der Waals surface area contributed by atoms with E-state index >= 15 is 0 Å². The number of halogens is 1. The van der Waals surface area contributed by atoms with Crippen molar-refractivity contribution in [2.45, 2.75) is 6.92 Å². The molecule has 0 spiro atoms. The average molecular weight is 263 g/mol. The van der Waals surface area contributed by atoms with Crippen molar-refractivity contribution in [3.8, 4) is 5.75 Å². The van der Waals surface area contributed by atoms with E-state index in [1.165, 1.54) is 0 Å². The molecule has 4 heteroatoms. The lowest BCUT2D eigenvalue weighted by Gasteiger charge is -2.10. The topological polar surface area (TPSA) is 47.3 Å². The summed E-state index contributed by atoms with van der Waals surface area (Å²) in [6.45, 7) is 1.98. The van der Waals surface area contributed by atoms with Gasteiger partial charge in [0.05, 0.1) is 12.1 Å². The van der Waals surface area contributed by atoms with Gasteiger partial charge >= 0.3 is 0 Å². The Morgan fingerprint density at radius 3 is 2.39 bits per heavy atom. The highest BCUT2D eigenvalue weighted by molar-refractivity contribution is 6.32. The van der Waals surface area contributed by atoms with E-state index in [-0.39, 0.29) is 0 Å². The molecule has 0 aliphatic rings. The number of ether oxygens (including phenoxy) is 1. The molecule has 0 saturated heterocycles. The molecule has 0 fully saturated rings. The predicted molar refractivity (Wildman–Crippen MR) is 76.9 cm³/mol. The molecule has 3 nitrogen and oxygen atoms in total. The number of benzene rings is 2. The molecule has 0 unspecified atom stereocenters. The number of hydrogen-bond donors (Lipinski definition) is 2. The molecule has 0 saturated carbocycles. The molecular weight excluding hydrogens is 248 g/mol. The molecule has 94 valence electrons. The third-order valence-corrected chi connectivity index (χ3v) is 3.02. The summed E-state index contributed by atoms with van der Waals surface area (Å²) >= 11 is 6.06. The molecule has 0 amide bonds. The number of rotatable bonds is 3. The van der Waals surface area contributed by atoms with Gasteiger partial charge in [0.1, 0.15) is 5.75 Å². The molecular formula is C14H15ClN2O. The molecule has 0 heterocycles. The van der Waals surface area contributed by atoms with Gasteiger partial charge in [0.15, 0.2) is 0 Å². The Labute approximate surface area is 112 Å². The van der Waals surface area contributed by atoms with Crippen LogP contribution in [0.15, 0.2) is 36.4 Å². The average Bonchev–Trinajstić information content (AvgIpc) is 2.34. The minimum atomic E-state index is 0.572. The van der Waals surface area contributed by atoms with Gasteiger partial charge in [-0.05, 0) is 42.8 Å². The van der Waals surface area contributed by atoms with Gasteiger partial charge in [0, 0.05) is 17.1 Å². The van der Waals surface area contributed by atoms with Crippen LogP contribution in [0.2, 0.25) is 5.02 Å². The zero-order chi connectivity index (χ0) is 13.1. The van der Waals surface area contributed by atoms with Gasteiger partial charge in [0.2, 0.25) is 0 Å². The molecule has 0 radical (unpaired) electrons. The predicted octanol–water partition coefficient (Wildman–Crippen LogP) is 3.98. The van der Waals surface area contributed by atoms with Crippen LogP contribution in [0.25, 0.3) is 0 Å². The lowest BCUT2D eigenvalue weighted by atomic mass is 10.2. The van der Waals surface area contributed by atoms with Crippen molar-refractivity contribution in [1.29, 1.82) is 0 Å². The monoisotopic (exact) mass is 262 g/mol. The van der Waals surface area contributed by atoms with E-state index in [2.05, 4.69) is 5.32 Å². The molecule has 2 aromatic carbocycles. The van der Waals surface area contributed by atoms with Crippen LogP contribution in [0.3, 0.4) is 0 Å². The smallest absolute Gasteiger partial charge is 0.137 e. The highest BCUT2D eigenvalue weighted by Gasteiger charge is 2.02. The highest BCUT2D eigenvalue weighted by Crippen LogP contribution is 2.29. The number of methoxy groups -OCH3 is 1. The van der Waals surface area contributed by atoms with E-state index in [0.29, 0.717) is 10.8 Å². The number of nitrogens with one attached hydrogen (secondary N) is 1. The first-order valence-corrected chi connectivity index (χ1v) is 5.94. The standard InChI is InChI=1S/C14H15ClN2O/c1-9-3-4-11(8-13(9)16)17-10-5-6-14(18-2)12(15)7-10/h3-8,17H,16H2,1-2H3. The normalized spacial score (nSPS) is 10.2. The molecule has 0 atom stereocenters. The van der Waals surface area contributed by atoms with Crippen molar-refractivity contribution in [3.63, 3.8) is 0 Å². The first-order valence-electron chi connectivity index (χ1n) is 5.57. The van der Waals surface area contributed by atoms with E-state index in [9.17, 15) is 0 Å². The Balaban J connectivity index is 2.23. The summed E-state index contributed by atoms with van der Waals surface area (Å²) in [7, 11) is 1.59. The second-order valence-corrected chi connectivity index (χ2v) is 4.45. The molecule has 3 N–H and O–H groups in total. The second-order valence-electron chi connectivity index (χ2n) is 4.05. The summed E-state index contributed by atoms with van der Waals surface area (Å²) in [6, 6.07) is 11.4. The minimum Gasteiger partial charge on any atom is -0.495 e. The van der Waals surface area contributed by atoms with Crippen molar-refractivity contribution in [1.82, 2.24) is 0 Å². The van der Waals surface area contributed by atoms with Gasteiger partial charge in [-0.15, -0.1) is 0 Å². The first-order chi connectivity index (χ1) is 8.60. The van der Waals surface area contributed by atoms with Gasteiger partial charge in [-0.1, -0.05) is 17.7 Å². The van der Waals surface area contributed by atoms with Gasteiger partial charge in [-0.3, -0.25) is 0 Å². The van der Waals surface area contributed by atoms with Crippen molar-refractivity contribution >= 4 is 28.7 Å². The number of nitrogen functional groups attached to an aromatic ring is 1. The first kappa shape index (κ1) is 12.6. The third-order valence-electron chi connectivity index (χ3n) is 2.72. The molecule has 0 aliphatic heterocycles. The zero-order valence-electron chi connectivity index (χ0n) is 10.3. The second kappa shape index (κ2) is 5.19. The summed E-state index contributed by atoms with van der Waals surface area (Å²) in [5.74, 6) is 0.658. The van der Waals surface area contributed by atoms with E-state index in [1.807, 2.05) is 43.3 Å². The summed E-state index contributed by atoms with van der Waals surface area (Å²) in [5.41, 5.74) is 9.51. The van der Waals surface area contributed by atoms with Crippen LogP contribution < -0.4 is 15.8 Å². The van der Waals surface area contributed by atoms with Crippen LogP contribution >= 0.6 is 11.6 Å². The van der Waals surface area contributed by atoms with Crippen LogP contribution in [0, 0.1) is 6.92 Å². The van der Waals surface area contributed by atoms with Crippen LogP contribution in [-0.2, 0) is 0 Å². The van der Waals surface area contributed by atoms with Gasteiger partial charge in [-0.2, -0.15) is 0 Å². The van der Waals surface area contributed by atoms with Crippen LogP contribution in [0.5, 0.6) is 5.75 Å². The lowest BCUT2D eigenvalue weighted by Crippen LogP contribution is -1.94. The molecule has 18 heavy (non-hydrogen) atoms. The zero-order valence-corrected chi connectivity index (χ0v) is 11.1. The van der Waals surface area contributed by atoms with Crippen molar-refractivity contribution < 1.29 is 4.74 Å². The molecule has 2 aromatic rings. The summed E-state index contributed by atoms with van der Waals surface area (Å²) in [6.07, 6.45) is 0. The maximum absolute atomic E-state index is 6.06. The Hall–Kier alpha value is -1.87. The Morgan fingerprint density at radius 1 is 1.11 bits per heavy atom. The molecule has 0 bridgehead atoms. The molecule has 2 rings (SSSR count). The van der Waals surface area contributed by atoms with Crippen molar-refractivity contribution in [2.24, 2.45) is 0 Å². The Kier molecular flexibility index (Phi) is 3.63. The van der Waals surface area contributed by atoms with E-state index in [4.69, 9.17) is 22.1 Å². The number of anilines is 3. The molecule has 0 aromatic heterocycles. The largest absolute Gasteiger partial charge is 0.495 e. The summed E-state index contributed by atoms with van der Waals surface area (Å²) < 4.78 is 5.11. The van der Waals surface area contributed by atoms with Gasteiger partial charge < -0.3 is 15.8 Å². The van der Waals surface area contributed by atoms with E-state index in [1.54, 1.807) is 7.11 Å². The summed E-state index contributed by atoms with van der Waals surface area (Å²) in [5, 5.41) is 3.82. The van der Waals surface area contributed by atoms with E-state index < -0.39 is 0 Å². The SMILES string of the molecule is COc1ccc(Nc2ccc(C)c(N)c2)cc1Cl. The van der Waals surface area contributed by atoms with Gasteiger partial charge in [-0.25, -0.2) is 0 Å². The lowest BCUT2D eigenvalue weighted by molar-refractivity contribution is 0.415. The Bertz CT molecular complexity index is 570. The van der Waals surface area contributed by atoms with Crippen molar-refractivity contribution in [2.75, 3.05) is 18.2 Å². The third kappa shape index (κ3) is 2.68. The van der Waals surface area contributed by atoms with Crippen LogP contribution in [0.1, 0.15) is 5.56 Å². The number of nitrogens with two attached hydrogens (primary N) is 1. The quantitative estimate of drug-likeness (QED) is 0.823. The van der Waals surface area contributed by atoms with Crippen LogP contribution in [-0.4, -0.2) is 7.11 Å². The van der Waals surface area contributed by atoms with E-state index in [0.717, 1.165) is 22.6 Å². The number of aryl methyl sites for hydroxylation is 1. The molecule has 0 aliphatic carbocycles. The van der Waals surface area contributed by atoms with Crippen molar-refractivity contribution in [3.05, 3.63) is 47.0 Å².